The maximum Gasteiger partial charge on any atom is 0.222 e. The van der Waals surface area contributed by atoms with Gasteiger partial charge in [-0.1, -0.05) is 12.1 Å². The number of benzene rings is 1. The normalized spacial score (nSPS) is 18.6. The second-order valence-corrected chi connectivity index (χ2v) is 6.02. The van der Waals surface area contributed by atoms with Crippen molar-refractivity contribution >= 4 is 27.6 Å². The summed E-state index contributed by atoms with van der Waals surface area (Å²) in [5.41, 5.74) is 0.667. The summed E-state index contributed by atoms with van der Waals surface area (Å²) in [5.74, 6) is 0.441. The van der Waals surface area contributed by atoms with Crippen molar-refractivity contribution in [3.8, 4) is 0 Å². The van der Waals surface area contributed by atoms with Crippen molar-refractivity contribution in [2.75, 3.05) is 23.3 Å². The Morgan fingerprint density at radius 3 is 2.76 bits per heavy atom. The predicted molar refractivity (Wildman–Crippen MR) is 85.0 cm³/mol. The molecule has 1 atom stereocenters. The number of hydrogen-bond donors (Lipinski definition) is 1. The molecule has 1 unspecified atom stereocenters. The lowest BCUT2D eigenvalue weighted by atomic mass is 10.0. The minimum Gasteiger partial charge on any atom is -0.367 e. The Morgan fingerprint density at radius 1 is 1.24 bits per heavy atom. The second-order valence-electron chi connectivity index (χ2n) is 5.11. The smallest absolute Gasteiger partial charge is 0.222 e. The van der Waals surface area contributed by atoms with E-state index in [-0.39, 0.29) is 11.9 Å². The van der Waals surface area contributed by atoms with Crippen LogP contribution in [0.15, 0.2) is 41.1 Å². The summed E-state index contributed by atoms with van der Waals surface area (Å²) in [5, 5.41) is 3.32. The zero-order valence-corrected chi connectivity index (χ0v) is 13.1. The second kappa shape index (κ2) is 6.39. The van der Waals surface area contributed by atoms with Crippen LogP contribution in [0.1, 0.15) is 12.8 Å². The summed E-state index contributed by atoms with van der Waals surface area (Å²) < 4.78 is 14.7. The molecule has 1 fully saturated rings. The molecule has 0 bridgehead atoms. The molecule has 2 heterocycles. The Morgan fingerprint density at radius 2 is 2.00 bits per heavy atom. The number of para-hydroxylation sites is 1. The number of hydrogen-bond acceptors (Lipinski definition) is 4. The minimum absolute atomic E-state index is 0.168. The van der Waals surface area contributed by atoms with Gasteiger partial charge in [-0.3, -0.25) is 0 Å². The van der Waals surface area contributed by atoms with E-state index < -0.39 is 0 Å². The molecule has 1 aromatic heterocycles. The summed E-state index contributed by atoms with van der Waals surface area (Å²) in [6.07, 6.45) is 5.48. The van der Waals surface area contributed by atoms with Crippen LogP contribution in [0.3, 0.4) is 0 Å². The fraction of sp³-hybridized carbons (Fsp3) is 0.333. The number of halogens is 2. The fourth-order valence-electron chi connectivity index (χ4n) is 2.59. The monoisotopic (exact) mass is 350 g/mol. The molecule has 1 aliphatic rings. The van der Waals surface area contributed by atoms with Gasteiger partial charge >= 0.3 is 0 Å². The van der Waals surface area contributed by atoms with Gasteiger partial charge in [0.25, 0.3) is 0 Å². The molecular weight excluding hydrogens is 335 g/mol. The third-order valence-electron chi connectivity index (χ3n) is 3.57. The summed E-state index contributed by atoms with van der Waals surface area (Å²) in [6.45, 7) is 1.63. The Hall–Kier alpha value is -1.69. The maximum absolute atomic E-state index is 13.9. The summed E-state index contributed by atoms with van der Waals surface area (Å²) >= 11 is 3.32. The molecule has 4 nitrogen and oxygen atoms in total. The predicted octanol–water partition coefficient (Wildman–Crippen LogP) is 3.46. The molecule has 110 valence electrons. The molecule has 1 aliphatic heterocycles. The quantitative estimate of drug-likeness (QED) is 0.920. The maximum atomic E-state index is 13.9. The van der Waals surface area contributed by atoms with Crippen LogP contribution in [0.25, 0.3) is 0 Å². The number of aromatic nitrogens is 2. The van der Waals surface area contributed by atoms with Crippen molar-refractivity contribution in [2.45, 2.75) is 18.9 Å². The number of piperidine rings is 1. The van der Waals surface area contributed by atoms with Crippen molar-refractivity contribution in [3.63, 3.8) is 0 Å². The topological polar surface area (TPSA) is 41.0 Å². The van der Waals surface area contributed by atoms with Gasteiger partial charge in [0.2, 0.25) is 5.95 Å². The highest BCUT2D eigenvalue weighted by Crippen LogP contribution is 2.23. The van der Waals surface area contributed by atoms with E-state index in [9.17, 15) is 4.39 Å². The molecule has 0 saturated carbocycles. The van der Waals surface area contributed by atoms with Gasteiger partial charge in [0.05, 0.1) is 10.2 Å². The summed E-state index contributed by atoms with van der Waals surface area (Å²) in [7, 11) is 0. The Balaban J connectivity index is 1.68. The highest BCUT2D eigenvalue weighted by atomic mass is 79.9. The molecular formula is C15H16BrFN4. The third-order valence-corrected chi connectivity index (χ3v) is 3.98. The van der Waals surface area contributed by atoms with E-state index in [0.717, 1.165) is 30.4 Å². The van der Waals surface area contributed by atoms with Crippen LogP contribution >= 0.6 is 15.9 Å². The van der Waals surface area contributed by atoms with E-state index in [1.165, 1.54) is 6.07 Å². The molecule has 2 aromatic rings. The van der Waals surface area contributed by atoms with Crippen molar-refractivity contribution < 1.29 is 4.39 Å². The zero-order valence-electron chi connectivity index (χ0n) is 11.5. The molecule has 3 rings (SSSR count). The highest BCUT2D eigenvalue weighted by Gasteiger charge is 2.22. The van der Waals surface area contributed by atoms with Crippen molar-refractivity contribution in [1.82, 2.24) is 9.97 Å². The number of rotatable bonds is 3. The molecule has 0 spiro atoms. The lowest BCUT2D eigenvalue weighted by Crippen LogP contribution is -2.42. The number of nitrogens with zero attached hydrogens (tertiary/aromatic N) is 3. The fourth-order valence-corrected chi connectivity index (χ4v) is 2.80. The van der Waals surface area contributed by atoms with Crippen LogP contribution in [-0.4, -0.2) is 29.1 Å². The molecule has 0 radical (unpaired) electrons. The van der Waals surface area contributed by atoms with Crippen LogP contribution in [0.4, 0.5) is 16.0 Å². The van der Waals surface area contributed by atoms with Gasteiger partial charge in [-0.2, -0.15) is 0 Å². The van der Waals surface area contributed by atoms with Crippen LogP contribution in [0.5, 0.6) is 0 Å². The first-order chi connectivity index (χ1) is 10.2. The SMILES string of the molecule is Fc1ccccc1N1CCCC(Nc2ncc(Br)cn2)C1. The van der Waals surface area contributed by atoms with Gasteiger partial charge in [0.15, 0.2) is 0 Å². The first-order valence-electron chi connectivity index (χ1n) is 6.96. The van der Waals surface area contributed by atoms with Gasteiger partial charge in [-0.05, 0) is 40.9 Å². The molecule has 1 aromatic carbocycles. The van der Waals surface area contributed by atoms with Crippen LogP contribution in [-0.2, 0) is 0 Å². The van der Waals surface area contributed by atoms with E-state index in [1.807, 2.05) is 12.1 Å². The van der Waals surface area contributed by atoms with Gasteiger partial charge in [0.1, 0.15) is 5.82 Å². The minimum atomic E-state index is -0.168. The third kappa shape index (κ3) is 3.50. The van der Waals surface area contributed by atoms with Gasteiger partial charge in [-0.25, -0.2) is 14.4 Å². The first-order valence-corrected chi connectivity index (χ1v) is 7.75. The molecule has 0 amide bonds. The standard InChI is InChI=1S/C15H16BrFN4/c16-11-8-18-15(19-9-11)20-12-4-3-7-21(10-12)14-6-2-1-5-13(14)17/h1-2,5-6,8-9,12H,3-4,7,10H2,(H,18,19,20). The van der Waals surface area contributed by atoms with E-state index >= 15 is 0 Å². The van der Waals surface area contributed by atoms with Crippen molar-refractivity contribution in [1.29, 1.82) is 0 Å². The Kier molecular flexibility index (Phi) is 4.34. The summed E-state index contributed by atoms with van der Waals surface area (Å²) in [4.78, 5) is 10.5. The molecule has 1 N–H and O–H groups in total. The van der Waals surface area contributed by atoms with Crippen molar-refractivity contribution in [2.24, 2.45) is 0 Å². The Bertz CT molecular complexity index is 605. The average molecular weight is 351 g/mol. The highest BCUT2D eigenvalue weighted by molar-refractivity contribution is 9.10. The molecule has 21 heavy (non-hydrogen) atoms. The zero-order chi connectivity index (χ0) is 14.7. The van der Waals surface area contributed by atoms with Gasteiger partial charge in [-0.15, -0.1) is 0 Å². The lowest BCUT2D eigenvalue weighted by molar-refractivity contribution is 0.517. The van der Waals surface area contributed by atoms with Gasteiger partial charge in [0, 0.05) is 31.5 Å². The number of nitrogens with one attached hydrogen (secondary N) is 1. The van der Waals surface area contributed by atoms with E-state index in [4.69, 9.17) is 0 Å². The van der Waals surface area contributed by atoms with Crippen LogP contribution in [0.2, 0.25) is 0 Å². The van der Waals surface area contributed by atoms with Crippen molar-refractivity contribution in [3.05, 3.63) is 46.9 Å². The average Bonchev–Trinajstić information content (AvgIpc) is 2.50. The molecule has 1 saturated heterocycles. The largest absolute Gasteiger partial charge is 0.367 e. The Labute approximate surface area is 131 Å². The van der Waals surface area contributed by atoms with E-state index in [2.05, 4.69) is 36.1 Å². The lowest BCUT2D eigenvalue weighted by Gasteiger charge is -2.34. The van der Waals surface area contributed by atoms with E-state index in [0.29, 0.717) is 11.6 Å². The van der Waals surface area contributed by atoms with Crippen LogP contribution < -0.4 is 10.2 Å². The van der Waals surface area contributed by atoms with E-state index in [1.54, 1.807) is 18.5 Å². The molecule has 0 aliphatic carbocycles. The summed E-state index contributed by atoms with van der Waals surface area (Å²) in [6, 6.07) is 7.14. The van der Waals surface area contributed by atoms with Gasteiger partial charge < -0.3 is 10.2 Å². The molecule has 6 heteroatoms. The number of anilines is 2. The van der Waals surface area contributed by atoms with Crippen LogP contribution in [0, 0.1) is 5.82 Å². The first kappa shape index (κ1) is 14.3.